The first-order chi connectivity index (χ1) is 9.35. The highest BCUT2D eigenvalue weighted by Crippen LogP contribution is 2.27. The van der Waals surface area contributed by atoms with E-state index in [0.717, 1.165) is 18.3 Å². The number of ether oxygens (including phenoxy) is 1. The maximum atomic E-state index is 5.19. The highest BCUT2D eigenvalue weighted by molar-refractivity contribution is 5.27. The van der Waals surface area contributed by atoms with E-state index in [0.29, 0.717) is 6.04 Å². The molecule has 3 rings (SSSR count). The summed E-state index contributed by atoms with van der Waals surface area (Å²) in [6.45, 7) is 3.59. The molecule has 1 aromatic carbocycles. The van der Waals surface area contributed by atoms with Crippen molar-refractivity contribution in [1.29, 1.82) is 0 Å². The molecule has 0 saturated carbocycles. The van der Waals surface area contributed by atoms with Gasteiger partial charge < -0.3 is 15.0 Å². The minimum atomic E-state index is 0.696. The molecule has 2 heterocycles. The predicted molar refractivity (Wildman–Crippen MR) is 77.5 cm³/mol. The summed E-state index contributed by atoms with van der Waals surface area (Å²) in [6, 6.07) is 9.92. The van der Waals surface area contributed by atoms with Gasteiger partial charge in [0.05, 0.1) is 7.11 Å². The highest BCUT2D eigenvalue weighted by atomic mass is 16.5. The maximum absolute atomic E-state index is 5.19. The standard InChI is InChI=1S/C16H24N2O/c1-19-16-6-4-13(5-7-16)12-17-14-8-10-18-9-2-3-15(18)11-14/h4-7,14-15,17H,2-3,8-12H2,1H3. The quantitative estimate of drug-likeness (QED) is 0.900. The van der Waals surface area contributed by atoms with Crippen LogP contribution in [0.3, 0.4) is 0 Å². The second-order valence-electron chi connectivity index (χ2n) is 5.78. The zero-order chi connectivity index (χ0) is 13.1. The molecule has 0 bridgehead atoms. The molecule has 0 aromatic heterocycles. The molecule has 0 radical (unpaired) electrons. The first kappa shape index (κ1) is 12.9. The largest absolute Gasteiger partial charge is 0.497 e. The van der Waals surface area contributed by atoms with Crippen molar-refractivity contribution in [3.63, 3.8) is 0 Å². The molecule has 2 aliphatic rings. The number of benzene rings is 1. The van der Waals surface area contributed by atoms with Crippen molar-refractivity contribution in [2.24, 2.45) is 0 Å². The molecule has 0 aliphatic carbocycles. The van der Waals surface area contributed by atoms with Crippen LogP contribution in [0.4, 0.5) is 0 Å². The van der Waals surface area contributed by atoms with Gasteiger partial charge >= 0.3 is 0 Å². The fourth-order valence-corrected chi connectivity index (χ4v) is 3.42. The minimum Gasteiger partial charge on any atom is -0.497 e. The van der Waals surface area contributed by atoms with Gasteiger partial charge in [0, 0.05) is 18.6 Å². The number of fused-ring (bicyclic) bond motifs is 1. The Morgan fingerprint density at radius 1 is 1.21 bits per heavy atom. The number of nitrogens with one attached hydrogen (secondary N) is 1. The van der Waals surface area contributed by atoms with E-state index in [9.17, 15) is 0 Å². The number of nitrogens with zero attached hydrogens (tertiary/aromatic N) is 1. The molecule has 1 aromatic rings. The van der Waals surface area contributed by atoms with Crippen molar-refractivity contribution in [2.45, 2.75) is 44.3 Å². The molecular formula is C16H24N2O. The fourth-order valence-electron chi connectivity index (χ4n) is 3.42. The molecule has 3 nitrogen and oxygen atoms in total. The van der Waals surface area contributed by atoms with E-state index >= 15 is 0 Å². The van der Waals surface area contributed by atoms with Crippen LogP contribution in [-0.2, 0) is 6.54 Å². The number of hydrogen-bond donors (Lipinski definition) is 1. The molecule has 2 saturated heterocycles. The smallest absolute Gasteiger partial charge is 0.118 e. The molecule has 0 amide bonds. The van der Waals surface area contributed by atoms with Gasteiger partial charge in [0.25, 0.3) is 0 Å². The lowest BCUT2D eigenvalue weighted by Gasteiger charge is -2.35. The van der Waals surface area contributed by atoms with E-state index in [1.54, 1.807) is 7.11 Å². The Hall–Kier alpha value is -1.06. The van der Waals surface area contributed by atoms with Gasteiger partial charge in [-0.15, -0.1) is 0 Å². The SMILES string of the molecule is COc1ccc(CNC2CCN3CCCC3C2)cc1. The van der Waals surface area contributed by atoms with E-state index in [4.69, 9.17) is 4.74 Å². The topological polar surface area (TPSA) is 24.5 Å². The van der Waals surface area contributed by atoms with E-state index in [1.807, 2.05) is 12.1 Å². The molecule has 2 aliphatic heterocycles. The summed E-state index contributed by atoms with van der Waals surface area (Å²) in [6.07, 6.45) is 5.43. The lowest BCUT2D eigenvalue weighted by molar-refractivity contribution is 0.166. The summed E-state index contributed by atoms with van der Waals surface area (Å²) in [5.74, 6) is 0.933. The number of methoxy groups -OCH3 is 1. The van der Waals surface area contributed by atoms with Crippen molar-refractivity contribution in [3.8, 4) is 5.75 Å². The number of hydrogen-bond acceptors (Lipinski definition) is 3. The average Bonchev–Trinajstić information content (AvgIpc) is 2.93. The molecule has 1 N–H and O–H groups in total. The van der Waals surface area contributed by atoms with E-state index < -0.39 is 0 Å². The van der Waals surface area contributed by atoms with Gasteiger partial charge in [0.15, 0.2) is 0 Å². The van der Waals surface area contributed by atoms with Gasteiger partial charge in [0.1, 0.15) is 5.75 Å². The van der Waals surface area contributed by atoms with Crippen LogP contribution in [0.25, 0.3) is 0 Å². The number of rotatable bonds is 4. The van der Waals surface area contributed by atoms with Gasteiger partial charge in [-0.05, 0) is 56.5 Å². The third-order valence-electron chi connectivity index (χ3n) is 4.57. The van der Waals surface area contributed by atoms with Crippen molar-refractivity contribution < 1.29 is 4.74 Å². The summed E-state index contributed by atoms with van der Waals surface area (Å²) in [7, 11) is 1.71. The third-order valence-corrected chi connectivity index (χ3v) is 4.57. The lowest BCUT2D eigenvalue weighted by atomic mass is 9.97. The summed E-state index contributed by atoms with van der Waals surface area (Å²) >= 11 is 0. The minimum absolute atomic E-state index is 0.696. The molecule has 3 heteroatoms. The third kappa shape index (κ3) is 3.10. The normalized spacial score (nSPS) is 27.2. The average molecular weight is 260 g/mol. The summed E-state index contributed by atoms with van der Waals surface area (Å²) in [4.78, 5) is 2.67. The lowest BCUT2D eigenvalue weighted by Crippen LogP contribution is -2.45. The molecule has 2 atom stereocenters. The van der Waals surface area contributed by atoms with E-state index in [1.165, 1.54) is 44.3 Å². The van der Waals surface area contributed by atoms with Crippen molar-refractivity contribution in [2.75, 3.05) is 20.2 Å². The maximum Gasteiger partial charge on any atom is 0.118 e. The molecule has 19 heavy (non-hydrogen) atoms. The first-order valence-electron chi connectivity index (χ1n) is 7.45. The van der Waals surface area contributed by atoms with Crippen LogP contribution in [0.5, 0.6) is 5.75 Å². The number of piperidine rings is 1. The van der Waals surface area contributed by atoms with Crippen LogP contribution in [0, 0.1) is 0 Å². The highest BCUT2D eigenvalue weighted by Gasteiger charge is 2.31. The van der Waals surface area contributed by atoms with Gasteiger partial charge in [0.2, 0.25) is 0 Å². The first-order valence-corrected chi connectivity index (χ1v) is 7.45. The second-order valence-corrected chi connectivity index (χ2v) is 5.78. The second kappa shape index (κ2) is 5.93. The zero-order valence-corrected chi connectivity index (χ0v) is 11.8. The van der Waals surface area contributed by atoms with Crippen LogP contribution in [-0.4, -0.2) is 37.2 Å². The summed E-state index contributed by atoms with van der Waals surface area (Å²) in [5, 5.41) is 3.72. The van der Waals surface area contributed by atoms with Crippen LogP contribution in [0.15, 0.2) is 24.3 Å². The molecule has 0 spiro atoms. The van der Waals surface area contributed by atoms with Crippen LogP contribution in [0.2, 0.25) is 0 Å². The Morgan fingerprint density at radius 3 is 2.84 bits per heavy atom. The van der Waals surface area contributed by atoms with E-state index in [-0.39, 0.29) is 0 Å². The van der Waals surface area contributed by atoms with Crippen LogP contribution >= 0.6 is 0 Å². The van der Waals surface area contributed by atoms with Crippen LogP contribution < -0.4 is 10.1 Å². The summed E-state index contributed by atoms with van der Waals surface area (Å²) in [5.41, 5.74) is 1.34. The van der Waals surface area contributed by atoms with Gasteiger partial charge in [-0.2, -0.15) is 0 Å². The molecular weight excluding hydrogens is 236 g/mol. The molecule has 2 unspecified atom stereocenters. The van der Waals surface area contributed by atoms with Gasteiger partial charge in [-0.1, -0.05) is 12.1 Å². The molecule has 2 fully saturated rings. The van der Waals surface area contributed by atoms with Crippen molar-refractivity contribution in [3.05, 3.63) is 29.8 Å². The zero-order valence-electron chi connectivity index (χ0n) is 11.8. The monoisotopic (exact) mass is 260 g/mol. The Kier molecular flexibility index (Phi) is 4.04. The predicted octanol–water partition coefficient (Wildman–Crippen LogP) is 2.41. The molecule has 104 valence electrons. The Labute approximate surface area is 115 Å². The Balaban J connectivity index is 1.49. The Morgan fingerprint density at radius 2 is 2.05 bits per heavy atom. The van der Waals surface area contributed by atoms with Crippen molar-refractivity contribution in [1.82, 2.24) is 10.2 Å². The Bertz CT molecular complexity index is 404. The summed E-state index contributed by atoms with van der Waals surface area (Å²) < 4.78 is 5.19. The fraction of sp³-hybridized carbons (Fsp3) is 0.625. The van der Waals surface area contributed by atoms with Crippen LogP contribution in [0.1, 0.15) is 31.2 Å². The van der Waals surface area contributed by atoms with E-state index in [2.05, 4.69) is 22.3 Å². The van der Waals surface area contributed by atoms with Gasteiger partial charge in [-0.25, -0.2) is 0 Å². The van der Waals surface area contributed by atoms with Crippen molar-refractivity contribution >= 4 is 0 Å². The van der Waals surface area contributed by atoms with Gasteiger partial charge in [-0.3, -0.25) is 0 Å².